The number of aromatic nitrogens is 3. The van der Waals surface area contributed by atoms with Crippen molar-refractivity contribution in [1.29, 1.82) is 0 Å². The summed E-state index contributed by atoms with van der Waals surface area (Å²) in [5.41, 5.74) is 0.158. The summed E-state index contributed by atoms with van der Waals surface area (Å²) < 4.78 is 19.5. The molecule has 0 spiro atoms. The fourth-order valence-corrected chi connectivity index (χ4v) is 4.01. The topological polar surface area (TPSA) is 117 Å². The highest BCUT2D eigenvalue weighted by atomic mass is 16.5. The van der Waals surface area contributed by atoms with Crippen LogP contribution in [0.4, 0.5) is 0 Å². The van der Waals surface area contributed by atoms with Crippen molar-refractivity contribution in [3.63, 3.8) is 0 Å². The van der Waals surface area contributed by atoms with Gasteiger partial charge in [0.25, 0.3) is 11.5 Å². The Morgan fingerprint density at radius 1 is 1.08 bits per heavy atom. The number of amides is 1. The van der Waals surface area contributed by atoms with Crippen LogP contribution in [-0.2, 0) is 16.1 Å². The zero-order chi connectivity index (χ0) is 26.6. The van der Waals surface area contributed by atoms with Crippen LogP contribution in [0.15, 0.2) is 93.4 Å². The average molecular weight is 513 g/mol. The van der Waals surface area contributed by atoms with Crippen LogP contribution in [0, 0.1) is 0 Å². The van der Waals surface area contributed by atoms with Crippen LogP contribution in [0.25, 0.3) is 16.7 Å². The molecule has 0 N–H and O–H groups in total. The maximum atomic E-state index is 13.4. The minimum absolute atomic E-state index is 0.0203. The highest BCUT2D eigenvalue weighted by Gasteiger charge is 2.22. The molecule has 192 valence electrons. The molecule has 0 saturated heterocycles. The molecule has 10 heteroatoms. The molecule has 38 heavy (non-hydrogen) atoms. The molecule has 0 bridgehead atoms. The molecule has 0 fully saturated rings. The number of ether oxygens (including phenoxy) is 2. The van der Waals surface area contributed by atoms with E-state index < -0.39 is 18.0 Å². The summed E-state index contributed by atoms with van der Waals surface area (Å²) in [6.07, 6.45) is 2.13. The van der Waals surface area contributed by atoms with E-state index in [1.165, 1.54) is 21.3 Å². The van der Waals surface area contributed by atoms with Crippen LogP contribution in [0.3, 0.4) is 0 Å². The maximum Gasteiger partial charge on any atom is 0.341 e. The summed E-state index contributed by atoms with van der Waals surface area (Å²) in [5.74, 6) is -0.366. The molecule has 5 aromatic rings. The summed E-state index contributed by atoms with van der Waals surface area (Å²) in [6.45, 7) is 3.37. The van der Waals surface area contributed by atoms with Crippen molar-refractivity contribution in [2.24, 2.45) is 4.99 Å². The summed E-state index contributed by atoms with van der Waals surface area (Å²) in [7, 11) is 0. The Hall–Kier alpha value is -4.99. The second kappa shape index (κ2) is 10.6. The Kier molecular flexibility index (Phi) is 6.86. The third-order valence-electron chi connectivity index (χ3n) is 5.80. The number of para-hydroxylation sites is 1. The summed E-state index contributed by atoms with van der Waals surface area (Å²) in [6, 6.07) is 18.8. The Labute approximate surface area is 216 Å². The number of rotatable bonds is 7. The zero-order valence-electron chi connectivity index (χ0n) is 20.7. The van der Waals surface area contributed by atoms with Gasteiger partial charge in [0.1, 0.15) is 28.4 Å². The summed E-state index contributed by atoms with van der Waals surface area (Å²) in [4.78, 5) is 48.8. The van der Waals surface area contributed by atoms with Crippen LogP contribution < -0.4 is 15.8 Å². The molecule has 4 aromatic heterocycles. The molecule has 1 amide bonds. The molecule has 5 rings (SSSR count). The van der Waals surface area contributed by atoms with Gasteiger partial charge in [0, 0.05) is 6.20 Å². The van der Waals surface area contributed by atoms with Gasteiger partial charge in [-0.15, -0.1) is 0 Å². The van der Waals surface area contributed by atoms with Crippen LogP contribution >= 0.6 is 0 Å². The number of pyridine rings is 2. The predicted octanol–water partition coefficient (Wildman–Crippen LogP) is 3.36. The molecule has 0 aliphatic carbocycles. The highest BCUT2D eigenvalue weighted by Crippen LogP contribution is 2.15. The van der Waals surface area contributed by atoms with Gasteiger partial charge in [0.2, 0.25) is 0 Å². The molecule has 1 aromatic carbocycles. The minimum atomic E-state index is -0.963. The van der Waals surface area contributed by atoms with Crippen molar-refractivity contribution in [2.45, 2.75) is 26.5 Å². The highest BCUT2D eigenvalue weighted by molar-refractivity contribution is 5.94. The first-order valence-corrected chi connectivity index (χ1v) is 12.0. The molecule has 0 aliphatic rings. The van der Waals surface area contributed by atoms with Crippen molar-refractivity contribution in [3.05, 3.63) is 106 Å². The van der Waals surface area contributed by atoms with E-state index in [1.54, 1.807) is 74.6 Å². The SMILES string of the molecule is CCOC(=O)c1cc2c(=O)n3ccccc3nc2n(Cc2ccco2)c1=NC(=O)C(C)Oc1ccccc1. The Morgan fingerprint density at radius 2 is 1.87 bits per heavy atom. The first-order valence-electron chi connectivity index (χ1n) is 12.0. The number of carbonyl (C=O) groups excluding carboxylic acids is 2. The van der Waals surface area contributed by atoms with Gasteiger partial charge in [0.05, 0.1) is 24.8 Å². The van der Waals surface area contributed by atoms with Gasteiger partial charge < -0.3 is 18.5 Å². The minimum Gasteiger partial charge on any atom is -0.481 e. The number of nitrogens with zero attached hydrogens (tertiary/aromatic N) is 4. The van der Waals surface area contributed by atoms with Crippen molar-refractivity contribution in [1.82, 2.24) is 14.0 Å². The van der Waals surface area contributed by atoms with E-state index in [2.05, 4.69) is 9.98 Å². The third-order valence-corrected chi connectivity index (χ3v) is 5.80. The van der Waals surface area contributed by atoms with E-state index in [9.17, 15) is 14.4 Å². The van der Waals surface area contributed by atoms with Gasteiger partial charge >= 0.3 is 5.97 Å². The predicted molar refractivity (Wildman–Crippen MR) is 138 cm³/mol. The van der Waals surface area contributed by atoms with Crippen LogP contribution in [0.2, 0.25) is 0 Å². The van der Waals surface area contributed by atoms with Gasteiger partial charge in [-0.3, -0.25) is 14.0 Å². The molecule has 1 unspecified atom stereocenters. The van der Waals surface area contributed by atoms with E-state index in [1.807, 2.05) is 6.07 Å². The lowest BCUT2D eigenvalue weighted by molar-refractivity contribution is -0.124. The largest absolute Gasteiger partial charge is 0.481 e. The lowest BCUT2D eigenvalue weighted by Gasteiger charge is -2.15. The lowest BCUT2D eigenvalue weighted by Crippen LogP contribution is -2.34. The molecule has 4 heterocycles. The summed E-state index contributed by atoms with van der Waals surface area (Å²) >= 11 is 0. The van der Waals surface area contributed by atoms with E-state index in [0.717, 1.165) is 0 Å². The number of carbonyl (C=O) groups is 2. The Morgan fingerprint density at radius 3 is 2.61 bits per heavy atom. The van der Waals surface area contributed by atoms with Gasteiger partial charge in [0.15, 0.2) is 11.6 Å². The molecule has 1 atom stereocenters. The summed E-state index contributed by atoms with van der Waals surface area (Å²) in [5, 5.41) is 0.156. The number of hydrogen-bond donors (Lipinski definition) is 0. The first-order chi connectivity index (χ1) is 18.5. The van der Waals surface area contributed by atoms with Crippen molar-refractivity contribution < 1.29 is 23.5 Å². The van der Waals surface area contributed by atoms with E-state index in [0.29, 0.717) is 17.2 Å². The second-order valence-corrected chi connectivity index (χ2v) is 8.37. The lowest BCUT2D eigenvalue weighted by atomic mass is 10.2. The molecule has 0 aliphatic heterocycles. The average Bonchev–Trinajstić information content (AvgIpc) is 3.44. The smallest absolute Gasteiger partial charge is 0.341 e. The van der Waals surface area contributed by atoms with Gasteiger partial charge in [-0.2, -0.15) is 4.99 Å². The number of hydrogen-bond acceptors (Lipinski definition) is 7. The van der Waals surface area contributed by atoms with E-state index in [-0.39, 0.29) is 40.8 Å². The monoisotopic (exact) mass is 512 g/mol. The fraction of sp³-hybridized carbons (Fsp3) is 0.179. The number of furan rings is 1. The Bertz CT molecular complexity index is 1750. The van der Waals surface area contributed by atoms with Gasteiger partial charge in [-0.1, -0.05) is 24.3 Å². The first kappa shape index (κ1) is 24.7. The third kappa shape index (κ3) is 4.83. The normalized spacial score (nSPS) is 12.5. The molecular formula is C28H24N4O6. The zero-order valence-corrected chi connectivity index (χ0v) is 20.7. The van der Waals surface area contributed by atoms with Crippen LogP contribution in [-0.4, -0.2) is 38.5 Å². The van der Waals surface area contributed by atoms with Gasteiger partial charge in [-0.25, -0.2) is 9.78 Å². The van der Waals surface area contributed by atoms with Crippen molar-refractivity contribution in [3.8, 4) is 5.75 Å². The fourth-order valence-electron chi connectivity index (χ4n) is 4.01. The quantitative estimate of drug-likeness (QED) is 0.242. The van der Waals surface area contributed by atoms with Crippen molar-refractivity contribution >= 4 is 28.6 Å². The maximum absolute atomic E-state index is 13.4. The molecule has 0 saturated carbocycles. The molecule has 0 radical (unpaired) electrons. The van der Waals surface area contributed by atoms with Crippen LogP contribution in [0.1, 0.15) is 30.0 Å². The van der Waals surface area contributed by atoms with Crippen LogP contribution in [0.5, 0.6) is 5.75 Å². The van der Waals surface area contributed by atoms with E-state index >= 15 is 0 Å². The number of esters is 1. The number of fused-ring (bicyclic) bond motifs is 2. The molecular weight excluding hydrogens is 488 g/mol. The van der Waals surface area contributed by atoms with Gasteiger partial charge in [-0.05, 0) is 56.3 Å². The standard InChI is InChI=1S/C28H24N4O6/c1-3-36-28(35)22-16-21-24(29-23-13-7-8-14-31(23)27(21)34)32(17-20-12-9-15-37-20)25(22)30-26(33)18(2)38-19-10-5-4-6-11-19/h4-16,18H,3,17H2,1-2H3. The van der Waals surface area contributed by atoms with E-state index in [4.69, 9.17) is 13.9 Å². The Balaban J connectivity index is 1.78. The second-order valence-electron chi connectivity index (χ2n) is 8.37. The van der Waals surface area contributed by atoms with Crippen molar-refractivity contribution in [2.75, 3.05) is 6.61 Å². The molecule has 10 nitrogen and oxygen atoms in total. The number of benzene rings is 1.